The highest BCUT2D eigenvalue weighted by Crippen LogP contribution is 2.28. The number of hydrazone groups is 1. The number of nitrogens with zero attached hydrogens (tertiary/aromatic N) is 3. The molecule has 2 heterocycles. The monoisotopic (exact) mass is 659 g/mol. The van der Waals surface area contributed by atoms with Crippen molar-refractivity contribution in [3.8, 4) is 11.1 Å². The van der Waals surface area contributed by atoms with Gasteiger partial charge in [-0.05, 0) is 67.3 Å². The molecule has 4 amide bonds. The SMILES string of the molecule is CC/C=C1\C(NC(=O)Nc2c(C)cncc2Cl)=CC(c2cccc(-c3cc(C(=O)NCCO)cc(C(=O)NCCO)c3)c2)=NN1CC. The third-order valence-electron chi connectivity index (χ3n) is 7.08. The number of aromatic nitrogens is 1. The maximum Gasteiger partial charge on any atom is 0.323 e. The van der Waals surface area contributed by atoms with Gasteiger partial charge < -0.3 is 31.5 Å². The topological polar surface area (TPSA) is 168 Å². The lowest BCUT2D eigenvalue weighted by Gasteiger charge is -2.28. The molecule has 0 saturated carbocycles. The van der Waals surface area contributed by atoms with E-state index in [0.717, 1.165) is 11.3 Å². The summed E-state index contributed by atoms with van der Waals surface area (Å²) < 4.78 is 0. The van der Waals surface area contributed by atoms with Crippen LogP contribution in [-0.2, 0) is 0 Å². The molecular formula is C34H38ClN7O5. The summed E-state index contributed by atoms with van der Waals surface area (Å²) in [4.78, 5) is 42.9. The molecule has 4 rings (SSSR count). The Morgan fingerprint density at radius 1 is 0.894 bits per heavy atom. The number of nitrogens with one attached hydrogen (secondary N) is 4. The maximum absolute atomic E-state index is 13.2. The van der Waals surface area contributed by atoms with E-state index in [2.05, 4.69) is 26.3 Å². The van der Waals surface area contributed by atoms with Crippen molar-refractivity contribution in [1.29, 1.82) is 0 Å². The summed E-state index contributed by atoms with van der Waals surface area (Å²) in [5, 5.41) is 36.3. The minimum Gasteiger partial charge on any atom is -0.395 e. The molecule has 0 aliphatic carbocycles. The molecule has 0 bridgehead atoms. The predicted octanol–water partition coefficient (Wildman–Crippen LogP) is 4.19. The molecule has 0 fully saturated rings. The molecule has 246 valence electrons. The van der Waals surface area contributed by atoms with Crippen LogP contribution in [0.1, 0.15) is 52.1 Å². The van der Waals surface area contributed by atoms with Crippen molar-refractivity contribution in [3.05, 3.63) is 106 Å². The van der Waals surface area contributed by atoms with Gasteiger partial charge >= 0.3 is 6.03 Å². The number of carbonyl (C=O) groups is 3. The quantitative estimate of drug-likeness (QED) is 0.169. The van der Waals surface area contributed by atoms with Gasteiger partial charge in [0.05, 0.1) is 41.0 Å². The molecule has 0 radical (unpaired) electrons. The second kappa shape index (κ2) is 16.5. The van der Waals surface area contributed by atoms with Crippen LogP contribution >= 0.6 is 11.6 Å². The molecule has 3 aromatic rings. The largest absolute Gasteiger partial charge is 0.395 e. The smallest absolute Gasteiger partial charge is 0.323 e. The van der Waals surface area contributed by atoms with Gasteiger partial charge in [-0.3, -0.25) is 19.6 Å². The number of aliphatic hydroxyl groups excluding tert-OH is 2. The van der Waals surface area contributed by atoms with Gasteiger partial charge in [0.25, 0.3) is 11.8 Å². The Kier molecular flexibility index (Phi) is 12.2. The Morgan fingerprint density at radius 3 is 2.15 bits per heavy atom. The first-order chi connectivity index (χ1) is 22.7. The molecule has 13 heteroatoms. The number of amides is 4. The van der Waals surface area contributed by atoms with Crippen molar-refractivity contribution in [2.24, 2.45) is 5.10 Å². The Labute approximate surface area is 278 Å². The summed E-state index contributed by atoms with van der Waals surface area (Å²) in [6, 6.07) is 11.8. The molecule has 1 aliphatic rings. The van der Waals surface area contributed by atoms with E-state index in [1.165, 1.54) is 12.3 Å². The number of benzene rings is 2. The van der Waals surface area contributed by atoms with Gasteiger partial charge in [-0.15, -0.1) is 0 Å². The van der Waals surface area contributed by atoms with Gasteiger partial charge in [0.2, 0.25) is 0 Å². The average Bonchev–Trinajstić information content (AvgIpc) is 3.08. The van der Waals surface area contributed by atoms with Gasteiger partial charge in [-0.1, -0.05) is 42.8 Å². The highest BCUT2D eigenvalue weighted by Gasteiger charge is 2.22. The normalized spacial score (nSPS) is 13.5. The lowest BCUT2D eigenvalue weighted by molar-refractivity contribution is 0.0944. The van der Waals surface area contributed by atoms with Crippen LogP contribution in [0.5, 0.6) is 0 Å². The highest BCUT2D eigenvalue weighted by atomic mass is 35.5. The lowest BCUT2D eigenvalue weighted by atomic mass is 9.96. The fraction of sp³-hybridized carbons (Fsp3) is 0.265. The number of aryl methyl sites for hydroxylation is 1. The first kappa shape index (κ1) is 34.8. The fourth-order valence-electron chi connectivity index (χ4n) is 4.87. The van der Waals surface area contributed by atoms with Crippen molar-refractivity contribution in [1.82, 2.24) is 25.9 Å². The summed E-state index contributed by atoms with van der Waals surface area (Å²) in [6.45, 7) is 5.94. The zero-order valence-electron chi connectivity index (χ0n) is 26.4. The van der Waals surface area contributed by atoms with Gasteiger partial charge in [-0.2, -0.15) is 5.10 Å². The molecule has 0 spiro atoms. The zero-order chi connectivity index (χ0) is 33.9. The van der Waals surface area contributed by atoms with Gasteiger partial charge in [0, 0.05) is 48.7 Å². The van der Waals surface area contributed by atoms with E-state index >= 15 is 0 Å². The second-order valence-corrected chi connectivity index (χ2v) is 10.9. The van der Waals surface area contributed by atoms with Crippen LogP contribution in [-0.4, -0.2) is 76.6 Å². The first-order valence-corrected chi connectivity index (χ1v) is 15.6. The number of aliphatic hydroxyl groups is 2. The number of allylic oxidation sites excluding steroid dienone is 2. The Bertz CT molecular complexity index is 1680. The molecule has 0 saturated heterocycles. The van der Waals surface area contributed by atoms with E-state index in [1.807, 2.05) is 49.2 Å². The maximum atomic E-state index is 13.2. The highest BCUT2D eigenvalue weighted by molar-refractivity contribution is 6.33. The number of rotatable bonds is 12. The third-order valence-corrected chi connectivity index (χ3v) is 7.37. The third kappa shape index (κ3) is 8.82. The minimum absolute atomic E-state index is 0.0583. The van der Waals surface area contributed by atoms with Crippen molar-refractivity contribution in [2.75, 3.05) is 38.2 Å². The summed E-state index contributed by atoms with van der Waals surface area (Å²) in [6.07, 6.45) is 7.55. The van der Waals surface area contributed by atoms with Crippen molar-refractivity contribution < 1.29 is 24.6 Å². The minimum atomic E-state index is -0.483. The molecule has 12 nitrogen and oxygen atoms in total. The average molecular weight is 660 g/mol. The van der Waals surface area contributed by atoms with E-state index in [1.54, 1.807) is 31.3 Å². The Balaban J connectivity index is 1.72. The van der Waals surface area contributed by atoms with Crippen molar-refractivity contribution in [2.45, 2.75) is 27.2 Å². The first-order valence-electron chi connectivity index (χ1n) is 15.2. The summed E-state index contributed by atoms with van der Waals surface area (Å²) in [5.74, 6) is -0.891. The number of carbonyl (C=O) groups excluding carboxylic acids is 3. The predicted molar refractivity (Wildman–Crippen MR) is 182 cm³/mol. The Morgan fingerprint density at radius 2 is 1.55 bits per heavy atom. The van der Waals surface area contributed by atoms with Crippen LogP contribution in [0.3, 0.4) is 0 Å². The molecule has 6 N–H and O–H groups in total. The zero-order valence-corrected chi connectivity index (χ0v) is 27.2. The van der Waals surface area contributed by atoms with Crippen LogP contribution in [0.25, 0.3) is 11.1 Å². The van der Waals surface area contributed by atoms with Crippen molar-refractivity contribution in [3.63, 3.8) is 0 Å². The van der Waals surface area contributed by atoms with Crippen LogP contribution in [0, 0.1) is 6.92 Å². The molecule has 0 unspecified atom stereocenters. The molecule has 1 aliphatic heterocycles. The summed E-state index contributed by atoms with van der Waals surface area (Å²) in [7, 11) is 0. The molecule has 0 atom stereocenters. The van der Waals surface area contributed by atoms with Gasteiger partial charge in [-0.25, -0.2) is 4.79 Å². The molecular weight excluding hydrogens is 622 g/mol. The number of halogens is 1. The number of anilines is 1. The van der Waals surface area contributed by atoms with E-state index in [9.17, 15) is 14.4 Å². The number of likely N-dealkylation sites (N-methyl/N-ethyl adjacent to an activating group) is 1. The summed E-state index contributed by atoms with van der Waals surface area (Å²) in [5.41, 5.74) is 5.53. The second-order valence-electron chi connectivity index (χ2n) is 10.5. The molecule has 1 aromatic heterocycles. The summed E-state index contributed by atoms with van der Waals surface area (Å²) >= 11 is 6.28. The van der Waals surface area contributed by atoms with Crippen LogP contribution in [0.4, 0.5) is 10.5 Å². The van der Waals surface area contributed by atoms with Crippen LogP contribution < -0.4 is 21.3 Å². The van der Waals surface area contributed by atoms with E-state index in [0.29, 0.717) is 51.8 Å². The standard InChI is InChI=1S/C34H38ClN7O5/c1-4-7-30-29(39-34(47)40-31-21(3)19-36-20-27(31)35)18-28(41-42(30)5-2)23-9-6-8-22(14-23)24-15-25(32(45)37-10-12-43)17-26(16-24)33(46)38-11-13-44/h6-9,14-20,43-44H,4-5,10-13H2,1-3H3,(H,37,45)(H,38,46)(H2,36,39,40,47)/b30-7+. The number of urea groups is 1. The number of pyridine rings is 1. The molecule has 47 heavy (non-hydrogen) atoms. The van der Waals surface area contributed by atoms with Gasteiger partial charge in [0.15, 0.2) is 0 Å². The van der Waals surface area contributed by atoms with Crippen LogP contribution in [0.2, 0.25) is 5.02 Å². The van der Waals surface area contributed by atoms with E-state index in [-0.39, 0.29) is 37.4 Å². The van der Waals surface area contributed by atoms with Gasteiger partial charge in [0.1, 0.15) is 0 Å². The van der Waals surface area contributed by atoms with Crippen LogP contribution in [0.15, 0.2) is 83.5 Å². The van der Waals surface area contributed by atoms with Crippen molar-refractivity contribution >= 4 is 40.8 Å². The Hall–Kier alpha value is -5.04. The van der Waals surface area contributed by atoms with E-state index < -0.39 is 17.8 Å². The van der Waals surface area contributed by atoms with E-state index in [4.69, 9.17) is 26.9 Å². The fourth-order valence-corrected chi connectivity index (χ4v) is 5.12. The number of hydrogen-bond acceptors (Lipinski definition) is 8. The molecule has 2 aromatic carbocycles. The lowest BCUT2D eigenvalue weighted by Crippen LogP contribution is -2.35. The number of hydrogen-bond donors (Lipinski definition) is 6.